The first-order valence-electron chi connectivity index (χ1n) is 9.57. The summed E-state index contributed by atoms with van der Waals surface area (Å²) in [7, 11) is 1.59. The van der Waals surface area contributed by atoms with Crippen LogP contribution in [0.1, 0.15) is 19.7 Å². The highest BCUT2D eigenvalue weighted by atomic mass is 19.3. The fraction of sp³-hybridized carbons (Fsp3) is 0.300. The van der Waals surface area contributed by atoms with Gasteiger partial charge in [-0.1, -0.05) is 0 Å². The standard InChI is InChI=1S/C20H22F2N8O2/c1-12(31)27-17-8-14(28-16-4-5-25-19(30-16)20(2,21)22)13(9-26-17)15-10-23-11-18(29-15)24-6-7-32-3/h4-5,8-11H,6-7H2,1-3H3,(H,24,29)(H2,25,26,27,28,30,31). The van der Waals surface area contributed by atoms with E-state index in [1.165, 1.54) is 31.6 Å². The molecular formula is C20H22F2N8O2. The van der Waals surface area contributed by atoms with Crippen molar-refractivity contribution in [1.29, 1.82) is 0 Å². The molecule has 3 aromatic rings. The number of alkyl halides is 2. The molecular weight excluding hydrogens is 422 g/mol. The summed E-state index contributed by atoms with van der Waals surface area (Å²) in [5.41, 5.74) is 1.41. The minimum absolute atomic E-state index is 0.139. The molecule has 10 nitrogen and oxygen atoms in total. The van der Waals surface area contributed by atoms with E-state index in [-0.39, 0.29) is 17.5 Å². The summed E-state index contributed by atoms with van der Waals surface area (Å²) in [6.45, 7) is 3.10. The SMILES string of the molecule is COCCNc1cncc(-c2cnc(NC(C)=O)cc2Nc2ccnc(C(C)(F)F)n2)n1. The van der Waals surface area contributed by atoms with Crippen molar-refractivity contribution >= 4 is 29.0 Å². The number of amides is 1. The predicted octanol–water partition coefficient (Wildman–Crippen LogP) is 3.20. The number of anilines is 4. The third-order valence-electron chi connectivity index (χ3n) is 4.04. The van der Waals surface area contributed by atoms with Crippen molar-refractivity contribution in [3.63, 3.8) is 0 Å². The van der Waals surface area contributed by atoms with Crippen LogP contribution in [0.15, 0.2) is 36.9 Å². The molecule has 12 heteroatoms. The van der Waals surface area contributed by atoms with Gasteiger partial charge in [-0.25, -0.2) is 19.9 Å². The summed E-state index contributed by atoms with van der Waals surface area (Å²) < 4.78 is 32.3. The molecule has 168 valence electrons. The molecule has 0 bridgehead atoms. The first-order chi connectivity index (χ1) is 15.3. The van der Waals surface area contributed by atoms with Crippen molar-refractivity contribution in [3.05, 3.63) is 42.7 Å². The quantitative estimate of drug-likeness (QED) is 0.426. The zero-order valence-electron chi connectivity index (χ0n) is 17.7. The molecule has 32 heavy (non-hydrogen) atoms. The van der Waals surface area contributed by atoms with Gasteiger partial charge in [0.1, 0.15) is 17.5 Å². The minimum Gasteiger partial charge on any atom is -0.383 e. The van der Waals surface area contributed by atoms with Gasteiger partial charge in [-0.3, -0.25) is 9.78 Å². The number of carbonyl (C=O) groups is 1. The van der Waals surface area contributed by atoms with Crippen LogP contribution in [0.2, 0.25) is 0 Å². The van der Waals surface area contributed by atoms with Crippen LogP contribution < -0.4 is 16.0 Å². The highest BCUT2D eigenvalue weighted by molar-refractivity contribution is 5.89. The van der Waals surface area contributed by atoms with E-state index in [1.54, 1.807) is 19.4 Å². The summed E-state index contributed by atoms with van der Waals surface area (Å²) in [6.07, 6.45) is 5.82. The van der Waals surface area contributed by atoms with Crippen molar-refractivity contribution in [3.8, 4) is 11.3 Å². The van der Waals surface area contributed by atoms with E-state index >= 15 is 0 Å². The Labute approximate surface area is 182 Å². The average Bonchev–Trinajstić information content (AvgIpc) is 2.74. The second-order valence-corrected chi connectivity index (χ2v) is 6.78. The van der Waals surface area contributed by atoms with E-state index < -0.39 is 11.7 Å². The molecule has 0 spiro atoms. The van der Waals surface area contributed by atoms with Gasteiger partial charge in [0.2, 0.25) is 11.7 Å². The molecule has 0 aliphatic carbocycles. The number of nitrogens with one attached hydrogen (secondary N) is 3. The Morgan fingerprint density at radius 3 is 2.66 bits per heavy atom. The van der Waals surface area contributed by atoms with Gasteiger partial charge < -0.3 is 20.7 Å². The molecule has 0 aromatic carbocycles. The van der Waals surface area contributed by atoms with Gasteiger partial charge in [-0.05, 0) is 6.07 Å². The molecule has 0 aliphatic heterocycles. The van der Waals surface area contributed by atoms with Crippen molar-refractivity contribution in [1.82, 2.24) is 24.9 Å². The number of aromatic nitrogens is 5. The lowest BCUT2D eigenvalue weighted by atomic mass is 10.1. The molecule has 3 heterocycles. The zero-order chi connectivity index (χ0) is 23.1. The Morgan fingerprint density at radius 1 is 1.12 bits per heavy atom. The van der Waals surface area contributed by atoms with Gasteiger partial charge in [0.05, 0.1) is 30.4 Å². The first kappa shape index (κ1) is 22.9. The van der Waals surface area contributed by atoms with E-state index in [2.05, 4.69) is 40.9 Å². The molecule has 3 N–H and O–H groups in total. The highest BCUT2D eigenvalue weighted by Crippen LogP contribution is 2.31. The Balaban J connectivity index is 1.99. The van der Waals surface area contributed by atoms with Crippen LogP contribution >= 0.6 is 0 Å². The maximum Gasteiger partial charge on any atom is 0.303 e. The van der Waals surface area contributed by atoms with E-state index in [0.717, 1.165) is 6.92 Å². The van der Waals surface area contributed by atoms with Crippen LogP contribution in [-0.2, 0) is 15.5 Å². The molecule has 0 saturated heterocycles. The van der Waals surface area contributed by atoms with Crippen LogP contribution in [0, 0.1) is 0 Å². The normalized spacial score (nSPS) is 11.2. The number of ether oxygens (including phenoxy) is 1. The third-order valence-corrected chi connectivity index (χ3v) is 4.04. The lowest BCUT2D eigenvalue weighted by Crippen LogP contribution is -2.13. The maximum absolute atomic E-state index is 13.7. The summed E-state index contributed by atoms with van der Waals surface area (Å²) in [4.78, 5) is 31.9. The van der Waals surface area contributed by atoms with E-state index in [9.17, 15) is 13.6 Å². The molecule has 3 rings (SSSR count). The van der Waals surface area contributed by atoms with Crippen molar-refractivity contribution in [2.45, 2.75) is 19.8 Å². The smallest absolute Gasteiger partial charge is 0.303 e. The number of nitrogens with zero attached hydrogens (tertiary/aromatic N) is 5. The summed E-state index contributed by atoms with van der Waals surface area (Å²) in [6, 6.07) is 3.00. The van der Waals surface area contributed by atoms with Crippen LogP contribution in [0.25, 0.3) is 11.3 Å². The fourth-order valence-corrected chi connectivity index (χ4v) is 2.65. The largest absolute Gasteiger partial charge is 0.383 e. The molecule has 0 fully saturated rings. The Hall–Kier alpha value is -3.80. The lowest BCUT2D eigenvalue weighted by molar-refractivity contribution is -0.114. The first-order valence-corrected chi connectivity index (χ1v) is 9.57. The molecule has 0 aliphatic rings. The Kier molecular flexibility index (Phi) is 7.15. The second kappa shape index (κ2) is 10.0. The van der Waals surface area contributed by atoms with E-state index in [4.69, 9.17) is 4.74 Å². The van der Waals surface area contributed by atoms with Crippen LogP contribution in [0.3, 0.4) is 0 Å². The highest BCUT2D eigenvalue weighted by Gasteiger charge is 2.28. The van der Waals surface area contributed by atoms with Gasteiger partial charge in [0.15, 0.2) is 0 Å². The van der Waals surface area contributed by atoms with E-state index in [1.807, 2.05) is 0 Å². The molecule has 0 saturated carbocycles. The maximum atomic E-state index is 13.7. The molecule has 0 radical (unpaired) electrons. The predicted molar refractivity (Wildman–Crippen MR) is 115 cm³/mol. The van der Waals surface area contributed by atoms with Crippen LogP contribution in [-0.4, -0.2) is 51.1 Å². The molecule has 0 unspecified atom stereocenters. The van der Waals surface area contributed by atoms with Crippen molar-refractivity contribution < 1.29 is 18.3 Å². The number of halogens is 2. The van der Waals surface area contributed by atoms with Crippen molar-refractivity contribution in [2.75, 3.05) is 36.2 Å². The summed E-state index contributed by atoms with van der Waals surface area (Å²) >= 11 is 0. The van der Waals surface area contributed by atoms with Gasteiger partial charge >= 0.3 is 5.92 Å². The minimum atomic E-state index is -3.20. The van der Waals surface area contributed by atoms with Crippen molar-refractivity contribution in [2.24, 2.45) is 0 Å². The van der Waals surface area contributed by atoms with E-state index in [0.29, 0.717) is 35.9 Å². The Morgan fingerprint density at radius 2 is 1.94 bits per heavy atom. The second-order valence-electron chi connectivity index (χ2n) is 6.78. The summed E-state index contributed by atoms with van der Waals surface area (Å²) in [5.74, 6) is -3.21. The third kappa shape index (κ3) is 6.11. The van der Waals surface area contributed by atoms with Gasteiger partial charge in [0.25, 0.3) is 0 Å². The number of rotatable bonds is 9. The monoisotopic (exact) mass is 444 g/mol. The Bertz CT molecular complexity index is 1090. The number of pyridine rings is 1. The van der Waals surface area contributed by atoms with Crippen LogP contribution in [0.4, 0.5) is 31.9 Å². The van der Waals surface area contributed by atoms with Gasteiger partial charge in [-0.2, -0.15) is 8.78 Å². The number of carbonyl (C=O) groups excluding carboxylic acids is 1. The molecule has 3 aromatic heterocycles. The average molecular weight is 444 g/mol. The summed E-state index contributed by atoms with van der Waals surface area (Å²) in [5, 5.41) is 8.66. The number of hydrogen-bond donors (Lipinski definition) is 3. The number of hydrogen-bond acceptors (Lipinski definition) is 9. The molecule has 1 amide bonds. The molecule has 0 atom stereocenters. The van der Waals surface area contributed by atoms with Crippen LogP contribution in [0.5, 0.6) is 0 Å². The van der Waals surface area contributed by atoms with Gasteiger partial charge in [0, 0.05) is 51.5 Å². The number of methoxy groups -OCH3 is 1. The lowest BCUT2D eigenvalue weighted by Gasteiger charge is -2.15. The zero-order valence-corrected chi connectivity index (χ0v) is 17.7. The fourth-order valence-electron chi connectivity index (χ4n) is 2.65. The van der Waals surface area contributed by atoms with Gasteiger partial charge in [-0.15, -0.1) is 0 Å². The topological polar surface area (TPSA) is 127 Å².